The van der Waals surface area contributed by atoms with Gasteiger partial charge in [-0.05, 0) is 24.3 Å². The molecule has 5 nitrogen and oxygen atoms in total. The molecule has 3 aromatic rings. The summed E-state index contributed by atoms with van der Waals surface area (Å²) in [6, 6.07) is 8.18. The van der Waals surface area contributed by atoms with E-state index in [4.69, 9.17) is 4.42 Å². The number of fused-ring (bicyclic) bond motifs is 1. The van der Waals surface area contributed by atoms with Crippen LogP contribution in [0.5, 0.6) is 5.75 Å². The lowest BCUT2D eigenvalue weighted by atomic mass is 10.3. The molecule has 0 aliphatic heterocycles. The van der Waals surface area contributed by atoms with E-state index in [9.17, 15) is 9.32 Å². The van der Waals surface area contributed by atoms with Crippen molar-refractivity contribution in [2.45, 2.75) is 11.8 Å². The quantitative estimate of drug-likeness (QED) is 0.802. The lowest BCUT2D eigenvalue weighted by Crippen LogP contribution is -1.98. The maximum absolute atomic E-state index is 12.0. The van der Waals surface area contributed by atoms with Gasteiger partial charge in [0.1, 0.15) is 17.0 Å². The SMILES string of the molecule is CCS(=O)c1cccnc1-c1nc2cc(O)ccc2o1. The van der Waals surface area contributed by atoms with E-state index in [1.165, 1.54) is 12.1 Å². The summed E-state index contributed by atoms with van der Waals surface area (Å²) in [5, 5.41) is 9.45. The first kappa shape index (κ1) is 12.8. The van der Waals surface area contributed by atoms with Crippen LogP contribution in [0.4, 0.5) is 0 Å². The summed E-state index contributed by atoms with van der Waals surface area (Å²) < 4.78 is 17.7. The number of oxazole rings is 1. The number of nitrogens with zero attached hydrogens (tertiary/aromatic N) is 2. The van der Waals surface area contributed by atoms with E-state index in [1.54, 1.807) is 24.4 Å². The highest BCUT2D eigenvalue weighted by molar-refractivity contribution is 7.85. The topological polar surface area (TPSA) is 76.2 Å². The molecule has 0 radical (unpaired) electrons. The Morgan fingerprint density at radius 2 is 2.20 bits per heavy atom. The molecule has 0 saturated carbocycles. The monoisotopic (exact) mass is 288 g/mol. The van der Waals surface area contributed by atoms with Gasteiger partial charge >= 0.3 is 0 Å². The van der Waals surface area contributed by atoms with Crippen LogP contribution < -0.4 is 0 Å². The highest BCUT2D eigenvalue weighted by Gasteiger charge is 2.16. The van der Waals surface area contributed by atoms with Crippen molar-refractivity contribution in [3.8, 4) is 17.3 Å². The van der Waals surface area contributed by atoms with Crippen molar-refractivity contribution in [3.63, 3.8) is 0 Å². The van der Waals surface area contributed by atoms with Crippen LogP contribution in [0.25, 0.3) is 22.7 Å². The zero-order valence-corrected chi connectivity index (χ0v) is 11.6. The van der Waals surface area contributed by atoms with E-state index in [-0.39, 0.29) is 5.75 Å². The molecule has 2 heterocycles. The minimum absolute atomic E-state index is 0.121. The van der Waals surface area contributed by atoms with Crippen LogP contribution in [-0.4, -0.2) is 25.0 Å². The Bertz CT molecular complexity index is 798. The maximum Gasteiger partial charge on any atom is 0.247 e. The first-order chi connectivity index (χ1) is 9.69. The smallest absolute Gasteiger partial charge is 0.247 e. The Kier molecular flexibility index (Phi) is 3.23. The van der Waals surface area contributed by atoms with Gasteiger partial charge in [0.15, 0.2) is 5.58 Å². The minimum Gasteiger partial charge on any atom is -0.508 e. The van der Waals surface area contributed by atoms with Crippen molar-refractivity contribution < 1.29 is 13.7 Å². The van der Waals surface area contributed by atoms with Crippen LogP contribution in [0, 0.1) is 0 Å². The molecule has 0 bridgehead atoms. The fourth-order valence-corrected chi connectivity index (χ4v) is 2.80. The molecule has 6 heteroatoms. The van der Waals surface area contributed by atoms with Crippen LogP contribution in [0.3, 0.4) is 0 Å². The third kappa shape index (κ3) is 2.18. The largest absolute Gasteiger partial charge is 0.508 e. The lowest BCUT2D eigenvalue weighted by Gasteiger charge is -2.02. The van der Waals surface area contributed by atoms with Gasteiger partial charge in [-0.2, -0.15) is 0 Å². The fraction of sp³-hybridized carbons (Fsp3) is 0.143. The van der Waals surface area contributed by atoms with Gasteiger partial charge in [-0.25, -0.2) is 9.97 Å². The number of benzene rings is 1. The Balaban J connectivity index is 2.18. The molecule has 0 aliphatic carbocycles. The molecule has 1 N–H and O–H groups in total. The normalized spacial score (nSPS) is 12.7. The maximum atomic E-state index is 12.0. The Labute approximate surface area is 117 Å². The standard InChI is InChI=1S/C14H12N2O3S/c1-2-20(18)12-4-3-7-15-13(12)14-16-10-8-9(17)5-6-11(10)19-14/h3-8,17H,2H2,1H3. The van der Waals surface area contributed by atoms with Crippen LogP contribution in [0.2, 0.25) is 0 Å². The van der Waals surface area contributed by atoms with Gasteiger partial charge < -0.3 is 9.52 Å². The Morgan fingerprint density at radius 1 is 1.35 bits per heavy atom. The predicted molar refractivity (Wildman–Crippen MR) is 75.9 cm³/mol. The number of aromatic hydroxyl groups is 1. The van der Waals surface area contributed by atoms with Gasteiger partial charge in [-0.1, -0.05) is 6.92 Å². The second kappa shape index (κ2) is 5.05. The fourth-order valence-electron chi connectivity index (χ4n) is 1.91. The van der Waals surface area contributed by atoms with Crippen molar-refractivity contribution >= 4 is 21.9 Å². The molecule has 0 spiro atoms. The molecule has 1 unspecified atom stereocenters. The average molecular weight is 288 g/mol. The molecule has 0 saturated heterocycles. The number of phenols is 1. The summed E-state index contributed by atoms with van der Waals surface area (Å²) in [5.74, 6) is 0.929. The van der Waals surface area contributed by atoms with E-state index in [0.717, 1.165) is 0 Å². The molecule has 3 rings (SSSR count). The third-order valence-electron chi connectivity index (χ3n) is 2.85. The van der Waals surface area contributed by atoms with E-state index in [1.807, 2.05) is 6.92 Å². The first-order valence-corrected chi connectivity index (χ1v) is 7.44. The van der Waals surface area contributed by atoms with Crippen LogP contribution in [0.1, 0.15) is 6.92 Å². The molecule has 0 amide bonds. The van der Waals surface area contributed by atoms with E-state index >= 15 is 0 Å². The third-order valence-corrected chi connectivity index (χ3v) is 4.20. The lowest BCUT2D eigenvalue weighted by molar-refractivity contribution is 0.476. The second-order valence-electron chi connectivity index (χ2n) is 4.16. The zero-order chi connectivity index (χ0) is 14.1. The first-order valence-electron chi connectivity index (χ1n) is 6.12. The zero-order valence-electron chi connectivity index (χ0n) is 10.7. The number of rotatable bonds is 3. The summed E-state index contributed by atoms with van der Waals surface area (Å²) in [4.78, 5) is 9.12. The van der Waals surface area contributed by atoms with E-state index in [0.29, 0.717) is 33.3 Å². The van der Waals surface area contributed by atoms with Crippen LogP contribution in [-0.2, 0) is 10.8 Å². The highest BCUT2D eigenvalue weighted by atomic mass is 32.2. The molecule has 102 valence electrons. The van der Waals surface area contributed by atoms with Crippen molar-refractivity contribution in [1.82, 2.24) is 9.97 Å². The second-order valence-corrected chi connectivity index (χ2v) is 5.86. The predicted octanol–water partition coefficient (Wildman–Crippen LogP) is 2.72. The van der Waals surface area contributed by atoms with E-state index in [2.05, 4.69) is 9.97 Å². The molecular formula is C14H12N2O3S. The molecule has 0 fully saturated rings. The number of hydrogen-bond acceptors (Lipinski definition) is 5. The number of hydrogen-bond donors (Lipinski definition) is 1. The molecule has 1 aromatic carbocycles. The van der Waals surface area contributed by atoms with Crippen molar-refractivity contribution in [3.05, 3.63) is 36.5 Å². The Hall–Kier alpha value is -2.21. The van der Waals surface area contributed by atoms with Crippen molar-refractivity contribution in [2.24, 2.45) is 0 Å². The summed E-state index contributed by atoms with van der Waals surface area (Å²) in [6.45, 7) is 1.84. The van der Waals surface area contributed by atoms with E-state index < -0.39 is 10.8 Å². The highest BCUT2D eigenvalue weighted by Crippen LogP contribution is 2.28. The molecule has 0 aliphatic rings. The van der Waals surface area contributed by atoms with Crippen molar-refractivity contribution in [1.29, 1.82) is 0 Å². The summed E-state index contributed by atoms with van der Waals surface area (Å²) >= 11 is 0. The average Bonchev–Trinajstić information content (AvgIpc) is 2.89. The summed E-state index contributed by atoms with van der Waals surface area (Å²) in [7, 11) is -1.14. The summed E-state index contributed by atoms with van der Waals surface area (Å²) in [5.41, 5.74) is 1.57. The minimum atomic E-state index is -1.14. The number of pyridine rings is 1. The molecule has 2 aromatic heterocycles. The molecule has 20 heavy (non-hydrogen) atoms. The van der Waals surface area contributed by atoms with Gasteiger partial charge in [0.2, 0.25) is 5.89 Å². The number of phenolic OH excluding ortho intramolecular Hbond substituents is 1. The van der Waals surface area contributed by atoms with Crippen LogP contribution in [0.15, 0.2) is 45.8 Å². The number of aromatic nitrogens is 2. The van der Waals surface area contributed by atoms with Gasteiger partial charge in [0.25, 0.3) is 0 Å². The summed E-state index contributed by atoms with van der Waals surface area (Å²) in [6.07, 6.45) is 1.61. The molecular weight excluding hydrogens is 276 g/mol. The van der Waals surface area contributed by atoms with Gasteiger partial charge in [-0.15, -0.1) is 0 Å². The Morgan fingerprint density at radius 3 is 3.00 bits per heavy atom. The van der Waals surface area contributed by atoms with Gasteiger partial charge in [0.05, 0.1) is 15.7 Å². The van der Waals surface area contributed by atoms with Crippen molar-refractivity contribution in [2.75, 3.05) is 5.75 Å². The van der Waals surface area contributed by atoms with Gasteiger partial charge in [-0.3, -0.25) is 4.21 Å². The van der Waals surface area contributed by atoms with Crippen LogP contribution >= 0.6 is 0 Å². The molecule has 1 atom stereocenters. The van der Waals surface area contributed by atoms with Gasteiger partial charge in [0, 0.05) is 18.0 Å².